The molecular formula is C6H5BrN2O. The van der Waals surface area contributed by atoms with Gasteiger partial charge in [0.2, 0.25) is 0 Å². The molecule has 0 bridgehead atoms. The monoisotopic (exact) mass is 200 g/mol. The molecule has 0 N–H and O–H groups in total. The summed E-state index contributed by atoms with van der Waals surface area (Å²) in [6.45, 7) is 0. The van der Waals surface area contributed by atoms with Crippen LogP contribution < -0.4 is 0 Å². The normalized spacial score (nSPS) is 12.5. The second-order valence-electron chi connectivity index (χ2n) is 1.69. The Morgan fingerprint density at radius 3 is 3.00 bits per heavy atom. The molecular weight excluding hydrogens is 196 g/mol. The second kappa shape index (κ2) is 3.41. The maximum atomic E-state index is 10.2. The maximum Gasteiger partial charge on any atom is 0.139 e. The molecule has 0 amide bonds. The summed E-state index contributed by atoms with van der Waals surface area (Å²) in [5.74, 6) is 0. The first-order chi connectivity index (χ1) is 4.84. The van der Waals surface area contributed by atoms with Gasteiger partial charge in [0.25, 0.3) is 0 Å². The number of carbonyl (C=O) groups excluding carboxylic acids is 1. The minimum atomic E-state index is -0.332. The lowest BCUT2D eigenvalue weighted by Gasteiger charge is -1.96. The molecule has 0 aliphatic rings. The van der Waals surface area contributed by atoms with Crippen LogP contribution in [0.5, 0.6) is 0 Å². The van der Waals surface area contributed by atoms with Crippen LogP contribution in [0.1, 0.15) is 10.5 Å². The van der Waals surface area contributed by atoms with Crippen molar-refractivity contribution >= 4 is 22.2 Å². The molecule has 1 heterocycles. The number of aldehydes is 1. The Morgan fingerprint density at radius 1 is 1.70 bits per heavy atom. The molecule has 10 heavy (non-hydrogen) atoms. The van der Waals surface area contributed by atoms with Crippen molar-refractivity contribution in [3.63, 3.8) is 0 Å². The zero-order chi connectivity index (χ0) is 7.40. The molecule has 1 atom stereocenters. The lowest BCUT2D eigenvalue weighted by Crippen LogP contribution is -1.95. The molecule has 0 saturated carbocycles. The number of hydrogen-bond acceptors (Lipinski definition) is 3. The molecule has 1 aromatic heterocycles. The minimum Gasteiger partial charge on any atom is -0.302 e. The Labute approximate surface area is 66.6 Å². The third-order valence-electron chi connectivity index (χ3n) is 0.995. The summed E-state index contributed by atoms with van der Waals surface area (Å²) in [6, 6.07) is 3.47. The van der Waals surface area contributed by atoms with Gasteiger partial charge in [0.15, 0.2) is 0 Å². The van der Waals surface area contributed by atoms with Gasteiger partial charge < -0.3 is 4.79 Å². The molecule has 3 nitrogen and oxygen atoms in total. The van der Waals surface area contributed by atoms with Crippen molar-refractivity contribution in [2.45, 2.75) is 4.83 Å². The average Bonchev–Trinajstić information content (AvgIpc) is 2.05. The van der Waals surface area contributed by atoms with Gasteiger partial charge in [-0.15, -0.1) is 0 Å². The molecule has 0 fully saturated rings. The van der Waals surface area contributed by atoms with E-state index >= 15 is 0 Å². The van der Waals surface area contributed by atoms with Crippen LogP contribution >= 0.6 is 15.9 Å². The number of nitrogens with zero attached hydrogens (tertiary/aromatic N) is 2. The summed E-state index contributed by atoms with van der Waals surface area (Å²) in [6.07, 6.45) is 2.33. The molecule has 4 heteroatoms. The first-order valence-electron chi connectivity index (χ1n) is 2.71. The van der Waals surface area contributed by atoms with Gasteiger partial charge in [-0.3, -0.25) is 0 Å². The van der Waals surface area contributed by atoms with E-state index in [-0.39, 0.29) is 4.83 Å². The summed E-state index contributed by atoms with van der Waals surface area (Å²) in [5, 5.41) is 7.34. The van der Waals surface area contributed by atoms with E-state index < -0.39 is 0 Å². The molecule has 0 spiro atoms. The number of halogens is 1. The largest absolute Gasteiger partial charge is 0.302 e. The van der Waals surface area contributed by atoms with Gasteiger partial charge in [-0.05, 0) is 12.1 Å². The van der Waals surface area contributed by atoms with E-state index in [9.17, 15) is 4.79 Å². The number of hydrogen-bond donors (Lipinski definition) is 0. The highest BCUT2D eigenvalue weighted by atomic mass is 79.9. The van der Waals surface area contributed by atoms with Crippen molar-refractivity contribution in [3.8, 4) is 0 Å². The molecule has 0 aromatic carbocycles. The van der Waals surface area contributed by atoms with E-state index in [4.69, 9.17) is 0 Å². The molecule has 0 aliphatic heterocycles. The lowest BCUT2D eigenvalue weighted by molar-refractivity contribution is -0.107. The SMILES string of the molecule is O=CC(Br)c1cccnn1. The first-order valence-corrected chi connectivity index (χ1v) is 3.63. The molecule has 0 aliphatic carbocycles. The average molecular weight is 201 g/mol. The van der Waals surface area contributed by atoms with Crippen LogP contribution in [0.25, 0.3) is 0 Å². The fourth-order valence-corrected chi connectivity index (χ4v) is 0.774. The summed E-state index contributed by atoms with van der Waals surface area (Å²) >= 11 is 3.11. The number of carbonyl (C=O) groups is 1. The molecule has 52 valence electrons. The highest BCUT2D eigenvalue weighted by Gasteiger charge is 2.04. The third-order valence-corrected chi connectivity index (χ3v) is 1.68. The predicted octanol–water partition coefficient (Wildman–Crippen LogP) is 1.11. The van der Waals surface area contributed by atoms with Crippen LogP contribution in [0, 0.1) is 0 Å². The second-order valence-corrected chi connectivity index (χ2v) is 2.67. The van der Waals surface area contributed by atoms with E-state index in [0.29, 0.717) is 5.69 Å². The first kappa shape index (κ1) is 7.34. The number of rotatable bonds is 2. The van der Waals surface area contributed by atoms with Crippen molar-refractivity contribution in [1.82, 2.24) is 10.2 Å². The standard InChI is InChI=1S/C6H5BrN2O/c7-5(4-10)6-2-1-3-8-9-6/h1-5H. The topological polar surface area (TPSA) is 42.9 Å². The molecule has 0 saturated heterocycles. The van der Waals surface area contributed by atoms with E-state index in [1.54, 1.807) is 18.3 Å². The molecule has 1 rings (SSSR count). The summed E-state index contributed by atoms with van der Waals surface area (Å²) in [7, 11) is 0. The maximum absolute atomic E-state index is 10.2. The van der Waals surface area contributed by atoms with Crippen LogP contribution in [-0.2, 0) is 4.79 Å². The third kappa shape index (κ3) is 1.60. The van der Waals surface area contributed by atoms with Gasteiger partial charge in [-0.25, -0.2) is 0 Å². The fourth-order valence-electron chi connectivity index (χ4n) is 0.530. The molecule has 0 radical (unpaired) electrons. The molecule has 1 aromatic rings. The van der Waals surface area contributed by atoms with Crippen LogP contribution in [0.2, 0.25) is 0 Å². The van der Waals surface area contributed by atoms with Gasteiger partial charge in [0.1, 0.15) is 11.1 Å². The van der Waals surface area contributed by atoms with Crippen molar-refractivity contribution < 1.29 is 4.79 Å². The zero-order valence-corrected chi connectivity index (χ0v) is 6.65. The van der Waals surface area contributed by atoms with Gasteiger partial charge in [-0.1, -0.05) is 15.9 Å². The van der Waals surface area contributed by atoms with E-state index in [0.717, 1.165) is 6.29 Å². The van der Waals surface area contributed by atoms with Crippen molar-refractivity contribution in [3.05, 3.63) is 24.0 Å². The van der Waals surface area contributed by atoms with Crippen LogP contribution in [0.4, 0.5) is 0 Å². The Bertz CT molecular complexity index is 214. The number of alkyl halides is 1. The van der Waals surface area contributed by atoms with Crippen LogP contribution in [0.3, 0.4) is 0 Å². The summed E-state index contributed by atoms with van der Waals surface area (Å²) < 4.78 is 0. The Kier molecular flexibility index (Phi) is 2.50. The predicted molar refractivity (Wildman–Crippen MR) is 39.8 cm³/mol. The van der Waals surface area contributed by atoms with Crippen molar-refractivity contribution in [2.75, 3.05) is 0 Å². The highest BCUT2D eigenvalue weighted by molar-refractivity contribution is 9.09. The lowest BCUT2D eigenvalue weighted by atomic mass is 10.3. The number of aromatic nitrogens is 2. The highest BCUT2D eigenvalue weighted by Crippen LogP contribution is 2.15. The quantitative estimate of drug-likeness (QED) is 0.531. The Balaban J connectivity index is 2.84. The van der Waals surface area contributed by atoms with Crippen LogP contribution in [0.15, 0.2) is 18.3 Å². The van der Waals surface area contributed by atoms with E-state index in [2.05, 4.69) is 26.1 Å². The van der Waals surface area contributed by atoms with Crippen molar-refractivity contribution in [2.24, 2.45) is 0 Å². The van der Waals surface area contributed by atoms with Gasteiger partial charge >= 0.3 is 0 Å². The Morgan fingerprint density at radius 2 is 2.50 bits per heavy atom. The van der Waals surface area contributed by atoms with Gasteiger partial charge in [0, 0.05) is 6.20 Å². The minimum absolute atomic E-state index is 0.332. The van der Waals surface area contributed by atoms with Crippen molar-refractivity contribution in [1.29, 1.82) is 0 Å². The fraction of sp³-hybridized carbons (Fsp3) is 0.167. The summed E-state index contributed by atoms with van der Waals surface area (Å²) in [5.41, 5.74) is 0.637. The zero-order valence-electron chi connectivity index (χ0n) is 5.07. The molecule has 1 unspecified atom stereocenters. The van der Waals surface area contributed by atoms with E-state index in [1.807, 2.05) is 0 Å². The smallest absolute Gasteiger partial charge is 0.139 e. The van der Waals surface area contributed by atoms with Crippen LogP contribution in [-0.4, -0.2) is 16.5 Å². The summed E-state index contributed by atoms with van der Waals surface area (Å²) in [4.78, 5) is 9.86. The van der Waals surface area contributed by atoms with Gasteiger partial charge in [-0.2, -0.15) is 10.2 Å². The van der Waals surface area contributed by atoms with E-state index in [1.165, 1.54) is 0 Å². The Hall–Kier alpha value is -0.770. The van der Waals surface area contributed by atoms with Gasteiger partial charge in [0.05, 0.1) is 5.69 Å².